The van der Waals surface area contributed by atoms with E-state index in [-0.39, 0.29) is 0 Å². The minimum absolute atomic E-state index is 1.20. The molecule has 3 aromatic rings. The number of hydrogen-bond acceptors (Lipinski definition) is 0. The molecule has 0 fully saturated rings. The highest BCUT2D eigenvalue weighted by atomic mass is 14.0. The van der Waals surface area contributed by atoms with Crippen molar-refractivity contribution in [3.05, 3.63) is 60.2 Å². The summed E-state index contributed by atoms with van der Waals surface area (Å²) in [6.45, 7) is 2.27. The van der Waals surface area contributed by atoms with E-state index < -0.39 is 0 Å². The average Bonchev–Trinajstić information content (AvgIpc) is 2.56. The number of aryl methyl sites for hydroxylation is 1. The quantitative estimate of drug-likeness (QED) is 0.335. The molecule has 0 atom stereocenters. The molecular weight excluding hydrogens is 264 g/mol. The maximum absolute atomic E-state index is 3.53. The van der Waals surface area contributed by atoms with Gasteiger partial charge in [-0.3, -0.25) is 0 Å². The molecule has 0 aromatic heterocycles. The van der Waals surface area contributed by atoms with Crippen LogP contribution in [0.1, 0.15) is 51.0 Å². The van der Waals surface area contributed by atoms with Crippen LogP contribution in [-0.4, -0.2) is 0 Å². The maximum Gasteiger partial charge on any atom is -0.00143 e. The van der Waals surface area contributed by atoms with Crippen LogP contribution in [-0.2, 0) is 6.42 Å². The van der Waals surface area contributed by atoms with Crippen LogP contribution in [0.4, 0.5) is 0 Å². The molecule has 0 heterocycles. The third-order valence-corrected chi connectivity index (χ3v) is 4.48. The third kappa shape index (κ3) is 3.68. The molecule has 0 heteroatoms. The van der Waals surface area contributed by atoms with E-state index >= 15 is 0 Å². The summed E-state index contributed by atoms with van der Waals surface area (Å²) in [5, 5.41) is 5.04. The van der Waals surface area contributed by atoms with Crippen molar-refractivity contribution in [1.82, 2.24) is 0 Å². The zero-order chi connectivity index (χ0) is 15.2. The standard InChI is InChI=1S/C22H25/c1-2-3-4-5-6-7-10-18-13-14-21-16-19-11-8-9-12-20(19)17-22(21)15-18/h8-9,11-15,17H,2-7,10H2,1H3. The minimum atomic E-state index is 1.20. The van der Waals surface area contributed by atoms with Crippen molar-refractivity contribution < 1.29 is 0 Å². The summed E-state index contributed by atoms with van der Waals surface area (Å²) in [5.41, 5.74) is 1.46. The van der Waals surface area contributed by atoms with Gasteiger partial charge in [0.05, 0.1) is 0 Å². The van der Waals surface area contributed by atoms with Gasteiger partial charge in [0.2, 0.25) is 0 Å². The Morgan fingerprint density at radius 2 is 1.50 bits per heavy atom. The fourth-order valence-corrected chi connectivity index (χ4v) is 3.16. The molecular formula is C22H25. The lowest BCUT2D eigenvalue weighted by molar-refractivity contribution is 0.607. The molecule has 0 aliphatic heterocycles. The lowest BCUT2D eigenvalue weighted by Crippen LogP contribution is -1.87. The Hall–Kier alpha value is -1.82. The Labute approximate surface area is 134 Å². The van der Waals surface area contributed by atoms with Crippen molar-refractivity contribution >= 4 is 21.5 Å². The Bertz CT molecular complexity index is 739. The summed E-state index contributed by atoms with van der Waals surface area (Å²) >= 11 is 0. The molecule has 0 aliphatic rings. The van der Waals surface area contributed by atoms with Gasteiger partial charge < -0.3 is 0 Å². The molecule has 0 nitrogen and oxygen atoms in total. The highest BCUT2D eigenvalue weighted by molar-refractivity contribution is 5.97. The van der Waals surface area contributed by atoms with E-state index in [2.05, 4.69) is 61.5 Å². The third-order valence-electron chi connectivity index (χ3n) is 4.48. The summed E-state index contributed by atoms with van der Waals surface area (Å²) in [6.07, 6.45) is 9.38. The van der Waals surface area contributed by atoms with Crippen LogP contribution < -0.4 is 0 Å². The average molecular weight is 289 g/mol. The molecule has 0 saturated carbocycles. The van der Waals surface area contributed by atoms with Crippen molar-refractivity contribution in [3.8, 4) is 0 Å². The summed E-state index contributed by atoms with van der Waals surface area (Å²) in [5.74, 6) is 0. The first-order valence-corrected chi connectivity index (χ1v) is 8.70. The highest BCUT2D eigenvalue weighted by Crippen LogP contribution is 2.23. The van der Waals surface area contributed by atoms with Crippen molar-refractivity contribution in [1.29, 1.82) is 0 Å². The molecule has 0 unspecified atom stereocenters. The Morgan fingerprint density at radius 1 is 0.727 bits per heavy atom. The SMILES string of the molecule is CCCCCCCCc1ccc2[c]c3ccccc3cc2c1. The van der Waals surface area contributed by atoms with Crippen molar-refractivity contribution in [2.24, 2.45) is 0 Å². The first-order chi connectivity index (χ1) is 10.9. The zero-order valence-electron chi connectivity index (χ0n) is 13.6. The predicted octanol–water partition coefficient (Wildman–Crippen LogP) is 6.70. The van der Waals surface area contributed by atoms with E-state index in [9.17, 15) is 0 Å². The van der Waals surface area contributed by atoms with Crippen molar-refractivity contribution in [3.63, 3.8) is 0 Å². The lowest BCUT2D eigenvalue weighted by atomic mass is 9.99. The van der Waals surface area contributed by atoms with Crippen LogP contribution >= 0.6 is 0 Å². The van der Waals surface area contributed by atoms with Crippen LogP contribution in [0.5, 0.6) is 0 Å². The summed E-state index contributed by atoms with van der Waals surface area (Å²) in [7, 11) is 0. The molecule has 0 aliphatic carbocycles. The second kappa shape index (κ2) is 7.45. The first kappa shape index (κ1) is 15.1. The number of hydrogen-bond donors (Lipinski definition) is 0. The molecule has 3 aromatic carbocycles. The lowest BCUT2D eigenvalue weighted by Gasteiger charge is -2.06. The second-order valence-corrected chi connectivity index (χ2v) is 6.30. The van der Waals surface area contributed by atoms with Gasteiger partial charge in [-0.2, -0.15) is 0 Å². The molecule has 1 radical (unpaired) electrons. The smallest absolute Gasteiger partial charge is 0.00143 e. The van der Waals surface area contributed by atoms with E-state index in [4.69, 9.17) is 0 Å². The summed E-state index contributed by atoms with van der Waals surface area (Å²) < 4.78 is 0. The fourth-order valence-electron chi connectivity index (χ4n) is 3.16. The Balaban J connectivity index is 1.68. The van der Waals surface area contributed by atoms with Crippen LogP contribution in [0.2, 0.25) is 0 Å². The fraction of sp³-hybridized carbons (Fsp3) is 0.364. The number of rotatable bonds is 7. The van der Waals surface area contributed by atoms with Crippen LogP contribution in [0.15, 0.2) is 48.5 Å². The first-order valence-electron chi connectivity index (χ1n) is 8.70. The normalized spacial score (nSPS) is 11.3. The molecule has 113 valence electrons. The van der Waals surface area contributed by atoms with Gasteiger partial charge in [0.15, 0.2) is 0 Å². The van der Waals surface area contributed by atoms with Gasteiger partial charge >= 0.3 is 0 Å². The van der Waals surface area contributed by atoms with Crippen LogP contribution in [0, 0.1) is 6.07 Å². The van der Waals surface area contributed by atoms with Gasteiger partial charge in [-0.05, 0) is 52.1 Å². The predicted molar refractivity (Wildman–Crippen MR) is 97.4 cm³/mol. The number of benzene rings is 3. The van der Waals surface area contributed by atoms with Crippen LogP contribution in [0.3, 0.4) is 0 Å². The summed E-state index contributed by atoms with van der Waals surface area (Å²) in [4.78, 5) is 0. The maximum atomic E-state index is 3.53. The Morgan fingerprint density at radius 3 is 2.41 bits per heavy atom. The van der Waals surface area contributed by atoms with E-state index in [1.807, 2.05) is 0 Å². The van der Waals surface area contributed by atoms with E-state index in [0.29, 0.717) is 0 Å². The van der Waals surface area contributed by atoms with E-state index in [0.717, 1.165) is 0 Å². The minimum Gasteiger partial charge on any atom is -0.0654 e. The topological polar surface area (TPSA) is 0 Å². The van der Waals surface area contributed by atoms with Gasteiger partial charge in [-0.25, -0.2) is 0 Å². The molecule has 0 N–H and O–H groups in total. The van der Waals surface area contributed by atoms with Gasteiger partial charge in [0, 0.05) is 0 Å². The van der Waals surface area contributed by atoms with Crippen LogP contribution in [0.25, 0.3) is 21.5 Å². The van der Waals surface area contributed by atoms with E-state index in [1.54, 1.807) is 0 Å². The van der Waals surface area contributed by atoms with Gasteiger partial charge in [0.1, 0.15) is 0 Å². The Kier molecular flexibility index (Phi) is 5.11. The van der Waals surface area contributed by atoms with Gasteiger partial charge in [-0.15, -0.1) is 0 Å². The molecule has 0 spiro atoms. The highest BCUT2D eigenvalue weighted by Gasteiger charge is 2.00. The second-order valence-electron chi connectivity index (χ2n) is 6.30. The van der Waals surface area contributed by atoms with Gasteiger partial charge in [-0.1, -0.05) is 81.5 Å². The largest absolute Gasteiger partial charge is 0.0654 e. The van der Waals surface area contributed by atoms with Crippen molar-refractivity contribution in [2.75, 3.05) is 0 Å². The molecule has 0 amide bonds. The van der Waals surface area contributed by atoms with E-state index in [1.165, 1.54) is 72.1 Å². The molecule has 0 bridgehead atoms. The monoisotopic (exact) mass is 289 g/mol. The molecule has 22 heavy (non-hydrogen) atoms. The zero-order valence-corrected chi connectivity index (χ0v) is 13.6. The number of fused-ring (bicyclic) bond motifs is 2. The van der Waals surface area contributed by atoms with Gasteiger partial charge in [0.25, 0.3) is 0 Å². The van der Waals surface area contributed by atoms with Crippen molar-refractivity contribution in [2.45, 2.75) is 51.9 Å². The molecule has 3 rings (SSSR count). The number of unbranched alkanes of at least 4 members (excludes halogenated alkanes) is 5. The molecule has 0 saturated heterocycles. The summed E-state index contributed by atoms with van der Waals surface area (Å²) in [6, 6.07) is 21.2.